The summed E-state index contributed by atoms with van der Waals surface area (Å²) in [6.45, 7) is 2.26. The Kier molecular flexibility index (Phi) is 4.25. The average molecular weight is 262 g/mol. The minimum Gasteiger partial charge on any atom is -0.105 e. The smallest absolute Gasteiger partial charge is 0.105 e. The highest BCUT2D eigenvalue weighted by atomic mass is 14.2. The summed E-state index contributed by atoms with van der Waals surface area (Å²) < 4.78 is 0. The van der Waals surface area contributed by atoms with Gasteiger partial charge in [-0.1, -0.05) is 49.4 Å². The van der Waals surface area contributed by atoms with Crippen LogP contribution in [0.25, 0.3) is 0 Å². The van der Waals surface area contributed by atoms with E-state index in [1.165, 1.54) is 45.8 Å². The highest BCUT2D eigenvalue weighted by molar-refractivity contribution is 6.43. The Morgan fingerprint density at radius 3 is 1.75 bits per heavy atom. The number of allylic oxidation sites excluding steroid dienone is 12. The van der Waals surface area contributed by atoms with Crippen molar-refractivity contribution in [2.75, 3.05) is 0 Å². The minimum atomic E-state index is 1.20. The van der Waals surface area contributed by atoms with Crippen LogP contribution >= 0.6 is 0 Å². The van der Waals surface area contributed by atoms with E-state index in [9.17, 15) is 0 Å². The fourth-order valence-electron chi connectivity index (χ4n) is 3.29. The van der Waals surface area contributed by atoms with Gasteiger partial charge in [0.25, 0.3) is 0 Å². The van der Waals surface area contributed by atoms with Crippen molar-refractivity contribution in [2.24, 2.45) is 0 Å². The summed E-state index contributed by atoms with van der Waals surface area (Å²) in [5.74, 6) is 0. The van der Waals surface area contributed by atoms with E-state index in [0.717, 1.165) is 0 Å². The highest BCUT2D eigenvalue weighted by Gasteiger charge is 2.15. The average Bonchev–Trinajstić information content (AvgIpc) is 2.56. The van der Waals surface area contributed by atoms with Gasteiger partial charge in [0.15, 0.2) is 0 Å². The van der Waals surface area contributed by atoms with Gasteiger partial charge in [0.2, 0.25) is 0 Å². The van der Waals surface area contributed by atoms with Crippen LogP contribution in [0.4, 0.5) is 0 Å². The second-order valence-corrected chi connectivity index (χ2v) is 5.91. The quantitative estimate of drug-likeness (QED) is 0.628. The Bertz CT molecular complexity index is 565. The third-order valence-electron chi connectivity index (χ3n) is 4.68. The van der Waals surface area contributed by atoms with E-state index in [1.54, 1.807) is 27.8 Å². The SMILES string of the molecule is CBC1=CC=C(C2=CC=C(C3=CC=CCC3)CC2)CC1. The van der Waals surface area contributed by atoms with E-state index in [1.807, 2.05) is 0 Å². The van der Waals surface area contributed by atoms with Gasteiger partial charge in [-0.05, 0) is 60.8 Å². The Labute approximate surface area is 123 Å². The van der Waals surface area contributed by atoms with E-state index in [4.69, 9.17) is 0 Å². The van der Waals surface area contributed by atoms with Crippen LogP contribution in [-0.2, 0) is 0 Å². The van der Waals surface area contributed by atoms with Gasteiger partial charge in [0.1, 0.15) is 7.28 Å². The van der Waals surface area contributed by atoms with Crippen LogP contribution < -0.4 is 0 Å². The number of hydrogen-bond acceptors (Lipinski definition) is 0. The molecule has 0 spiro atoms. The molecule has 0 saturated heterocycles. The monoisotopic (exact) mass is 262 g/mol. The maximum atomic E-state index is 2.37. The minimum absolute atomic E-state index is 1.20. The van der Waals surface area contributed by atoms with Crippen molar-refractivity contribution >= 4 is 7.28 Å². The molecule has 0 atom stereocenters. The predicted octanol–water partition coefficient (Wildman–Crippen LogP) is 5.00. The second-order valence-electron chi connectivity index (χ2n) is 5.91. The molecule has 0 bridgehead atoms. The van der Waals surface area contributed by atoms with Gasteiger partial charge in [0.05, 0.1) is 0 Å². The lowest BCUT2D eigenvalue weighted by atomic mass is 9.68. The lowest BCUT2D eigenvalue weighted by Gasteiger charge is -2.21. The Morgan fingerprint density at radius 2 is 1.30 bits per heavy atom. The maximum absolute atomic E-state index is 2.37. The van der Waals surface area contributed by atoms with Crippen molar-refractivity contribution in [2.45, 2.75) is 45.3 Å². The molecule has 0 N–H and O–H groups in total. The fourth-order valence-corrected chi connectivity index (χ4v) is 3.29. The van der Waals surface area contributed by atoms with E-state index in [0.29, 0.717) is 0 Å². The summed E-state index contributed by atoms with van der Waals surface area (Å²) in [6.07, 6.45) is 23.5. The molecule has 0 nitrogen and oxygen atoms in total. The molecule has 20 heavy (non-hydrogen) atoms. The first-order valence-corrected chi connectivity index (χ1v) is 8.01. The summed E-state index contributed by atoms with van der Waals surface area (Å²) in [5, 5.41) is 0. The zero-order valence-corrected chi connectivity index (χ0v) is 12.5. The van der Waals surface area contributed by atoms with E-state index < -0.39 is 0 Å². The molecule has 0 aromatic heterocycles. The van der Waals surface area contributed by atoms with Crippen LogP contribution in [0, 0.1) is 0 Å². The van der Waals surface area contributed by atoms with Crippen molar-refractivity contribution in [1.82, 2.24) is 0 Å². The first-order valence-electron chi connectivity index (χ1n) is 8.01. The Morgan fingerprint density at radius 1 is 0.700 bits per heavy atom. The molecule has 0 saturated carbocycles. The van der Waals surface area contributed by atoms with Crippen LogP contribution in [0.2, 0.25) is 6.82 Å². The van der Waals surface area contributed by atoms with E-state index in [-0.39, 0.29) is 0 Å². The molecular weight excluding hydrogens is 239 g/mol. The molecular formula is C19H23B. The van der Waals surface area contributed by atoms with Crippen LogP contribution in [0.1, 0.15) is 38.5 Å². The molecule has 0 fully saturated rings. The molecule has 0 aromatic rings. The van der Waals surface area contributed by atoms with Crippen LogP contribution in [-0.4, -0.2) is 7.28 Å². The number of hydrogen-bond donors (Lipinski definition) is 0. The zero-order valence-electron chi connectivity index (χ0n) is 12.5. The molecule has 3 aliphatic rings. The molecule has 0 amide bonds. The topological polar surface area (TPSA) is 0 Å². The standard InChI is InChI=1S/C19H23B/c1-20-19-13-11-18(12-14-19)17-9-7-16(8-10-17)15-5-3-2-4-6-15/h2-3,5,7,9,11,13,20H,4,6,8,10,12,14H2,1H3. The molecule has 0 unspecified atom stereocenters. The lowest BCUT2D eigenvalue weighted by Crippen LogP contribution is -2.03. The van der Waals surface area contributed by atoms with Gasteiger partial charge in [-0.15, -0.1) is 5.47 Å². The van der Waals surface area contributed by atoms with Crippen LogP contribution in [0.5, 0.6) is 0 Å². The maximum Gasteiger partial charge on any atom is 0.149 e. The Hall–Kier alpha value is -1.50. The third kappa shape index (κ3) is 2.98. The summed E-state index contributed by atoms with van der Waals surface area (Å²) in [5.41, 5.74) is 7.83. The Balaban J connectivity index is 1.75. The molecule has 0 heterocycles. The van der Waals surface area contributed by atoms with E-state index in [2.05, 4.69) is 49.4 Å². The van der Waals surface area contributed by atoms with Crippen molar-refractivity contribution in [3.63, 3.8) is 0 Å². The van der Waals surface area contributed by atoms with Gasteiger partial charge in [-0.25, -0.2) is 0 Å². The highest BCUT2D eigenvalue weighted by Crippen LogP contribution is 2.33. The normalized spacial score (nSPS) is 22.4. The van der Waals surface area contributed by atoms with Crippen molar-refractivity contribution in [3.8, 4) is 0 Å². The van der Waals surface area contributed by atoms with Gasteiger partial charge in [0, 0.05) is 0 Å². The molecule has 0 aromatic carbocycles. The predicted molar refractivity (Wildman–Crippen MR) is 90.3 cm³/mol. The third-order valence-corrected chi connectivity index (χ3v) is 4.68. The summed E-state index contributed by atoms with van der Waals surface area (Å²) in [6, 6.07) is 0. The molecule has 3 rings (SSSR count). The molecule has 1 heteroatoms. The first-order chi connectivity index (χ1) is 9.86. The first kappa shape index (κ1) is 13.5. The molecule has 102 valence electrons. The summed E-state index contributed by atoms with van der Waals surface area (Å²) in [7, 11) is 1.20. The van der Waals surface area contributed by atoms with Crippen molar-refractivity contribution < 1.29 is 0 Å². The number of rotatable bonds is 3. The van der Waals surface area contributed by atoms with Crippen molar-refractivity contribution in [1.29, 1.82) is 0 Å². The van der Waals surface area contributed by atoms with Gasteiger partial charge < -0.3 is 0 Å². The molecule has 0 aliphatic heterocycles. The molecule has 0 radical (unpaired) electrons. The van der Waals surface area contributed by atoms with E-state index >= 15 is 0 Å². The largest absolute Gasteiger partial charge is 0.149 e. The van der Waals surface area contributed by atoms with Crippen LogP contribution in [0.3, 0.4) is 0 Å². The fraction of sp³-hybridized carbons (Fsp3) is 0.368. The summed E-state index contributed by atoms with van der Waals surface area (Å²) in [4.78, 5) is 0. The van der Waals surface area contributed by atoms with Gasteiger partial charge in [-0.2, -0.15) is 0 Å². The lowest BCUT2D eigenvalue weighted by molar-refractivity contribution is 0.848. The van der Waals surface area contributed by atoms with Crippen molar-refractivity contribution in [3.05, 3.63) is 70.3 Å². The second kappa shape index (κ2) is 6.30. The van der Waals surface area contributed by atoms with Gasteiger partial charge >= 0.3 is 0 Å². The van der Waals surface area contributed by atoms with Crippen LogP contribution in [0.15, 0.2) is 70.3 Å². The summed E-state index contributed by atoms with van der Waals surface area (Å²) >= 11 is 0. The van der Waals surface area contributed by atoms with Gasteiger partial charge in [-0.3, -0.25) is 0 Å². The zero-order chi connectivity index (χ0) is 13.8. The molecule has 3 aliphatic carbocycles.